The Labute approximate surface area is 163 Å². The number of esters is 1. The first-order valence-corrected chi connectivity index (χ1v) is 10.2. The van der Waals surface area contributed by atoms with Gasteiger partial charge in [0, 0.05) is 17.9 Å². The van der Waals surface area contributed by atoms with Crippen LogP contribution in [0.3, 0.4) is 0 Å². The first-order valence-electron chi connectivity index (χ1n) is 8.74. The van der Waals surface area contributed by atoms with E-state index >= 15 is 0 Å². The van der Waals surface area contributed by atoms with Gasteiger partial charge in [0.15, 0.2) is 0 Å². The third kappa shape index (κ3) is 4.32. The number of sulfonamides is 1. The highest BCUT2D eigenvalue weighted by Crippen LogP contribution is 2.27. The summed E-state index contributed by atoms with van der Waals surface area (Å²) in [6.07, 6.45) is 1.03. The summed E-state index contributed by atoms with van der Waals surface area (Å²) in [7, 11) is -2.59. The van der Waals surface area contributed by atoms with Crippen molar-refractivity contribution < 1.29 is 22.7 Å². The second-order valence-corrected chi connectivity index (χ2v) is 8.16. The Balaban J connectivity index is 1.69. The topological polar surface area (TPSA) is 105 Å². The fourth-order valence-corrected chi connectivity index (χ4v) is 4.71. The van der Waals surface area contributed by atoms with Crippen LogP contribution < -0.4 is 10.6 Å². The van der Waals surface area contributed by atoms with Crippen LogP contribution in [0, 0.1) is 0 Å². The van der Waals surface area contributed by atoms with E-state index in [-0.39, 0.29) is 11.4 Å². The van der Waals surface area contributed by atoms with E-state index in [1.165, 1.54) is 35.7 Å². The molecule has 1 aliphatic rings. The predicted octanol–water partition coefficient (Wildman–Crippen LogP) is 2.66. The number of benzene rings is 2. The molecule has 0 radical (unpaired) electrons. The number of carbonyl (C=O) groups is 2. The van der Waals surface area contributed by atoms with Gasteiger partial charge < -0.3 is 15.4 Å². The summed E-state index contributed by atoms with van der Waals surface area (Å²) >= 11 is 0. The lowest BCUT2D eigenvalue weighted by molar-refractivity contribution is -0.144. The lowest BCUT2D eigenvalue weighted by Gasteiger charge is -2.22. The molecule has 0 unspecified atom stereocenters. The standard InChI is InChI=1S/C19H21N3O5S/c1-27-18(23)17-8-5-13-22(17)28(25,26)16-11-9-15(10-12-16)21-19(24)20-14-6-3-2-4-7-14/h2-4,6-7,9-12,17H,5,8,13H2,1H3,(H2,20,21,24)/t17-/m0/s1. The van der Waals surface area contributed by atoms with Crippen molar-refractivity contribution in [2.75, 3.05) is 24.3 Å². The van der Waals surface area contributed by atoms with Crippen molar-refractivity contribution in [3.63, 3.8) is 0 Å². The van der Waals surface area contributed by atoms with Gasteiger partial charge >= 0.3 is 12.0 Å². The van der Waals surface area contributed by atoms with Crippen LogP contribution in [0.5, 0.6) is 0 Å². The van der Waals surface area contributed by atoms with Crippen LogP contribution in [0.2, 0.25) is 0 Å². The van der Waals surface area contributed by atoms with E-state index in [0.717, 1.165) is 0 Å². The second kappa shape index (κ2) is 8.41. The number of nitrogens with one attached hydrogen (secondary N) is 2. The number of anilines is 2. The zero-order valence-corrected chi connectivity index (χ0v) is 16.1. The lowest BCUT2D eigenvalue weighted by Crippen LogP contribution is -2.41. The van der Waals surface area contributed by atoms with Crippen molar-refractivity contribution >= 4 is 33.4 Å². The molecule has 0 saturated carbocycles. The maximum absolute atomic E-state index is 12.9. The maximum Gasteiger partial charge on any atom is 0.324 e. The molecule has 0 aromatic heterocycles. The summed E-state index contributed by atoms with van der Waals surface area (Å²) in [6, 6.07) is 13.5. The van der Waals surface area contributed by atoms with Gasteiger partial charge in [0.2, 0.25) is 10.0 Å². The van der Waals surface area contributed by atoms with Crippen LogP contribution in [-0.4, -0.2) is 44.4 Å². The zero-order chi connectivity index (χ0) is 20.1. The first kappa shape index (κ1) is 19.8. The van der Waals surface area contributed by atoms with Crippen LogP contribution in [0.1, 0.15) is 12.8 Å². The molecule has 28 heavy (non-hydrogen) atoms. The Bertz CT molecular complexity index is 945. The van der Waals surface area contributed by atoms with Gasteiger partial charge in [-0.15, -0.1) is 0 Å². The van der Waals surface area contributed by atoms with Gasteiger partial charge in [-0.2, -0.15) is 4.31 Å². The minimum atomic E-state index is -3.83. The molecule has 2 amide bonds. The third-order valence-electron chi connectivity index (χ3n) is 4.43. The fourth-order valence-electron chi connectivity index (χ4n) is 3.06. The van der Waals surface area contributed by atoms with Crippen molar-refractivity contribution in [1.29, 1.82) is 0 Å². The summed E-state index contributed by atoms with van der Waals surface area (Å²) in [5, 5.41) is 5.32. The molecule has 1 aliphatic heterocycles. The minimum absolute atomic E-state index is 0.0531. The molecular weight excluding hydrogens is 382 g/mol. The minimum Gasteiger partial charge on any atom is -0.468 e. The highest BCUT2D eigenvalue weighted by atomic mass is 32.2. The Kier molecular flexibility index (Phi) is 5.96. The monoisotopic (exact) mass is 403 g/mol. The number of carbonyl (C=O) groups excluding carboxylic acids is 2. The summed E-state index contributed by atoms with van der Waals surface area (Å²) in [5.74, 6) is -0.558. The Morgan fingerprint density at radius 1 is 1.00 bits per heavy atom. The normalized spacial score (nSPS) is 17.1. The molecule has 1 saturated heterocycles. The summed E-state index contributed by atoms with van der Waals surface area (Å²) in [5.41, 5.74) is 1.08. The Hall–Kier alpha value is -2.91. The van der Waals surface area contributed by atoms with Crippen LogP contribution in [-0.2, 0) is 19.6 Å². The maximum atomic E-state index is 12.9. The van der Waals surface area contributed by atoms with Gasteiger partial charge in [-0.25, -0.2) is 13.2 Å². The number of urea groups is 1. The SMILES string of the molecule is COC(=O)[C@@H]1CCCN1S(=O)(=O)c1ccc(NC(=O)Nc2ccccc2)cc1. The van der Waals surface area contributed by atoms with E-state index in [0.29, 0.717) is 24.2 Å². The summed E-state index contributed by atoms with van der Waals surface area (Å²) in [4.78, 5) is 23.9. The molecule has 2 aromatic rings. The molecule has 0 spiro atoms. The number of methoxy groups -OCH3 is 1. The molecule has 1 atom stereocenters. The van der Waals surface area contributed by atoms with Crippen LogP contribution in [0.15, 0.2) is 59.5 Å². The van der Waals surface area contributed by atoms with Crippen molar-refractivity contribution in [3.05, 3.63) is 54.6 Å². The predicted molar refractivity (Wildman–Crippen MR) is 104 cm³/mol. The number of hydrogen-bond acceptors (Lipinski definition) is 5. The molecule has 0 aliphatic carbocycles. The third-order valence-corrected chi connectivity index (χ3v) is 6.35. The molecule has 1 fully saturated rings. The summed E-state index contributed by atoms with van der Waals surface area (Å²) in [6.45, 7) is 0.265. The number of para-hydroxylation sites is 1. The quantitative estimate of drug-likeness (QED) is 0.747. The van der Waals surface area contributed by atoms with Gasteiger partial charge in [-0.1, -0.05) is 18.2 Å². The van der Waals surface area contributed by atoms with Gasteiger partial charge in [0.25, 0.3) is 0 Å². The number of amides is 2. The molecule has 9 heteroatoms. The average molecular weight is 403 g/mol. The highest BCUT2D eigenvalue weighted by Gasteiger charge is 2.40. The van der Waals surface area contributed by atoms with E-state index in [9.17, 15) is 18.0 Å². The van der Waals surface area contributed by atoms with Crippen LogP contribution in [0.25, 0.3) is 0 Å². The zero-order valence-electron chi connectivity index (χ0n) is 15.3. The lowest BCUT2D eigenvalue weighted by atomic mass is 10.2. The molecule has 148 valence electrons. The smallest absolute Gasteiger partial charge is 0.324 e. The van der Waals surface area contributed by atoms with Gasteiger partial charge in [0.05, 0.1) is 12.0 Å². The largest absolute Gasteiger partial charge is 0.468 e. The van der Waals surface area contributed by atoms with Gasteiger partial charge in [-0.3, -0.25) is 4.79 Å². The van der Waals surface area contributed by atoms with Crippen LogP contribution >= 0.6 is 0 Å². The van der Waals surface area contributed by atoms with E-state index < -0.39 is 28.1 Å². The molecule has 3 rings (SSSR count). The second-order valence-electron chi connectivity index (χ2n) is 6.27. The highest BCUT2D eigenvalue weighted by molar-refractivity contribution is 7.89. The molecule has 8 nitrogen and oxygen atoms in total. The van der Waals surface area contributed by atoms with E-state index in [1.807, 2.05) is 6.07 Å². The molecular formula is C19H21N3O5S. The fraction of sp³-hybridized carbons (Fsp3) is 0.263. The summed E-state index contributed by atoms with van der Waals surface area (Å²) < 4.78 is 31.6. The van der Waals surface area contributed by atoms with Crippen molar-refractivity contribution in [2.45, 2.75) is 23.8 Å². The van der Waals surface area contributed by atoms with Crippen molar-refractivity contribution in [3.8, 4) is 0 Å². The average Bonchev–Trinajstić information content (AvgIpc) is 3.19. The van der Waals surface area contributed by atoms with Gasteiger partial charge in [0.1, 0.15) is 6.04 Å². The Morgan fingerprint density at radius 2 is 1.61 bits per heavy atom. The van der Waals surface area contributed by atoms with Gasteiger partial charge in [-0.05, 0) is 49.2 Å². The number of nitrogens with zero attached hydrogens (tertiary/aromatic N) is 1. The number of hydrogen-bond donors (Lipinski definition) is 2. The number of rotatable bonds is 5. The molecule has 2 N–H and O–H groups in total. The van der Waals surface area contributed by atoms with E-state index in [2.05, 4.69) is 10.6 Å². The first-order chi connectivity index (χ1) is 13.4. The Morgan fingerprint density at radius 3 is 2.21 bits per heavy atom. The van der Waals surface area contributed by atoms with E-state index in [1.54, 1.807) is 24.3 Å². The van der Waals surface area contributed by atoms with Crippen molar-refractivity contribution in [2.24, 2.45) is 0 Å². The van der Waals surface area contributed by atoms with E-state index in [4.69, 9.17) is 4.74 Å². The molecule has 1 heterocycles. The molecule has 2 aromatic carbocycles. The van der Waals surface area contributed by atoms with Crippen molar-refractivity contribution in [1.82, 2.24) is 4.31 Å². The number of ether oxygens (including phenoxy) is 1. The van der Waals surface area contributed by atoms with Crippen LogP contribution in [0.4, 0.5) is 16.2 Å². The molecule has 0 bridgehead atoms.